The van der Waals surface area contributed by atoms with Crippen molar-refractivity contribution in [2.45, 2.75) is 58.0 Å². The summed E-state index contributed by atoms with van der Waals surface area (Å²) < 4.78 is 3.69. The maximum atomic E-state index is 13.0. The molecule has 2 atom stereocenters. The smallest absolute Gasteiger partial charge is 0.329 e. The van der Waals surface area contributed by atoms with Crippen molar-refractivity contribution in [3.05, 3.63) is 34.7 Å². The predicted molar refractivity (Wildman–Crippen MR) is 114 cm³/mol. The van der Waals surface area contributed by atoms with E-state index in [1.54, 1.807) is 4.57 Å². The van der Waals surface area contributed by atoms with Gasteiger partial charge in [-0.1, -0.05) is 26.0 Å². The highest BCUT2D eigenvalue weighted by Crippen LogP contribution is 2.36. The topological polar surface area (TPSA) is 50.4 Å². The third-order valence-electron chi connectivity index (χ3n) is 7.49. The summed E-state index contributed by atoms with van der Waals surface area (Å²) in [4.78, 5) is 15.6. The maximum Gasteiger partial charge on any atom is 0.329 e. The van der Waals surface area contributed by atoms with Crippen LogP contribution >= 0.6 is 0 Å². The largest absolute Gasteiger partial charge is 0.396 e. The number of aryl methyl sites for hydroxylation is 1. The van der Waals surface area contributed by atoms with Crippen molar-refractivity contribution in [2.75, 3.05) is 19.7 Å². The molecule has 1 aromatic carbocycles. The number of imidazole rings is 1. The zero-order chi connectivity index (χ0) is 19.8. The van der Waals surface area contributed by atoms with Crippen LogP contribution in [0, 0.1) is 17.8 Å². The van der Waals surface area contributed by atoms with Crippen molar-refractivity contribution in [1.82, 2.24) is 14.0 Å². The summed E-state index contributed by atoms with van der Waals surface area (Å²) in [5.74, 6) is 1.77. The average Bonchev–Trinajstić information content (AvgIpc) is 2.98. The quantitative estimate of drug-likeness (QED) is 0.877. The lowest BCUT2D eigenvalue weighted by Gasteiger charge is -2.44. The lowest BCUT2D eigenvalue weighted by Crippen LogP contribution is -2.49. The normalized spacial score (nSPS) is 29.6. The number of para-hydroxylation sites is 2. The number of piperidine rings is 1. The Morgan fingerprint density at radius 3 is 2.39 bits per heavy atom. The number of aliphatic hydroxyl groups is 1. The van der Waals surface area contributed by atoms with Crippen molar-refractivity contribution in [1.29, 1.82) is 0 Å². The van der Waals surface area contributed by atoms with Crippen LogP contribution in [0.15, 0.2) is 29.1 Å². The van der Waals surface area contributed by atoms with Crippen molar-refractivity contribution >= 4 is 11.0 Å². The molecule has 4 rings (SSSR count). The van der Waals surface area contributed by atoms with E-state index in [1.807, 2.05) is 35.9 Å². The Labute approximate surface area is 168 Å². The van der Waals surface area contributed by atoms with Gasteiger partial charge in [-0.3, -0.25) is 14.0 Å². The molecule has 1 N–H and O–H groups in total. The Balaban J connectivity index is 1.53. The Morgan fingerprint density at radius 2 is 1.75 bits per heavy atom. The van der Waals surface area contributed by atoms with Gasteiger partial charge in [-0.2, -0.15) is 0 Å². The molecule has 2 fully saturated rings. The van der Waals surface area contributed by atoms with Gasteiger partial charge in [0.1, 0.15) is 0 Å². The standard InChI is InChI=1S/C23H35N3O2/c1-16(2)17-8-10-19(11-9-17)25-13-12-20(18(14-25)15-27)26-22-7-5-4-6-21(22)24(3)23(26)28/h4-7,16-20,27H,8-15H2,1-3H3. The minimum atomic E-state index is 0.0375. The predicted octanol–water partition coefficient (Wildman–Crippen LogP) is 3.41. The first kappa shape index (κ1) is 19.7. The van der Waals surface area contributed by atoms with Crippen LogP contribution in [0.5, 0.6) is 0 Å². The first-order chi connectivity index (χ1) is 13.5. The molecule has 1 saturated heterocycles. The summed E-state index contributed by atoms with van der Waals surface area (Å²) in [5, 5.41) is 10.2. The molecule has 2 unspecified atom stereocenters. The number of hydrogen-bond donors (Lipinski definition) is 1. The molecule has 2 aliphatic rings. The molecule has 0 spiro atoms. The number of hydrogen-bond acceptors (Lipinski definition) is 3. The highest BCUT2D eigenvalue weighted by molar-refractivity contribution is 5.76. The highest BCUT2D eigenvalue weighted by Gasteiger charge is 2.36. The van der Waals surface area contributed by atoms with Gasteiger partial charge >= 0.3 is 5.69 Å². The molecule has 0 radical (unpaired) electrons. The van der Waals surface area contributed by atoms with Crippen molar-refractivity contribution in [3.63, 3.8) is 0 Å². The van der Waals surface area contributed by atoms with Crippen LogP contribution in [0.25, 0.3) is 11.0 Å². The zero-order valence-corrected chi connectivity index (χ0v) is 17.6. The summed E-state index contributed by atoms with van der Waals surface area (Å²) in [5.41, 5.74) is 2.00. The SMILES string of the molecule is CC(C)C1CCC(N2CCC(n3c(=O)n(C)c4ccccc43)C(CO)C2)CC1. The van der Waals surface area contributed by atoms with Crippen LogP contribution in [-0.4, -0.2) is 44.9 Å². The molecule has 5 heteroatoms. The minimum Gasteiger partial charge on any atom is -0.396 e. The van der Waals surface area contributed by atoms with Gasteiger partial charge in [-0.25, -0.2) is 4.79 Å². The Morgan fingerprint density at radius 1 is 1.07 bits per heavy atom. The fraction of sp³-hybridized carbons (Fsp3) is 0.696. The van der Waals surface area contributed by atoms with Crippen LogP contribution < -0.4 is 5.69 Å². The Hall–Kier alpha value is -1.59. The number of benzene rings is 1. The molecule has 2 heterocycles. The first-order valence-corrected chi connectivity index (χ1v) is 11.0. The Bertz CT molecular complexity index is 860. The van der Waals surface area contributed by atoms with Gasteiger partial charge in [-0.15, -0.1) is 0 Å². The molecule has 1 saturated carbocycles. The van der Waals surface area contributed by atoms with E-state index in [0.717, 1.165) is 42.4 Å². The number of likely N-dealkylation sites (tertiary alicyclic amines) is 1. The molecule has 154 valence electrons. The van der Waals surface area contributed by atoms with Gasteiger partial charge < -0.3 is 5.11 Å². The van der Waals surface area contributed by atoms with Gasteiger partial charge in [0, 0.05) is 44.7 Å². The van der Waals surface area contributed by atoms with E-state index < -0.39 is 0 Å². The van der Waals surface area contributed by atoms with Crippen LogP contribution in [0.3, 0.4) is 0 Å². The summed E-state index contributed by atoms with van der Waals surface area (Å²) in [6.07, 6.45) is 6.15. The lowest BCUT2D eigenvalue weighted by atomic mass is 9.78. The number of rotatable bonds is 4. The summed E-state index contributed by atoms with van der Waals surface area (Å²) >= 11 is 0. The van der Waals surface area contributed by atoms with Crippen molar-refractivity contribution < 1.29 is 5.11 Å². The van der Waals surface area contributed by atoms with E-state index in [2.05, 4.69) is 18.7 Å². The van der Waals surface area contributed by atoms with E-state index in [9.17, 15) is 9.90 Å². The van der Waals surface area contributed by atoms with E-state index in [1.165, 1.54) is 25.7 Å². The van der Waals surface area contributed by atoms with E-state index in [-0.39, 0.29) is 24.3 Å². The van der Waals surface area contributed by atoms with Crippen LogP contribution in [0.2, 0.25) is 0 Å². The van der Waals surface area contributed by atoms with Crippen molar-refractivity contribution in [2.24, 2.45) is 24.8 Å². The van der Waals surface area contributed by atoms with E-state index in [4.69, 9.17) is 0 Å². The first-order valence-electron chi connectivity index (χ1n) is 11.0. The zero-order valence-electron chi connectivity index (χ0n) is 17.6. The van der Waals surface area contributed by atoms with Crippen LogP contribution in [-0.2, 0) is 7.05 Å². The second-order valence-electron chi connectivity index (χ2n) is 9.31. The molecule has 0 bridgehead atoms. The van der Waals surface area contributed by atoms with Gasteiger partial charge in [-0.05, 0) is 56.1 Å². The second-order valence-corrected chi connectivity index (χ2v) is 9.31. The third kappa shape index (κ3) is 3.43. The lowest BCUT2D eigenvalue weighted by molar-refractivity contribution is 0.0322. The van der Waals surface area contributed by atoms with Gasteiger partial charge in [0.2, 0.25) is 0 Å². The maximum absolute atomic E-state index is 13.0. The van der Waals surface area contributed by atoms with Crippen LogP contribution in [0.1, 0.15) is 52.0 Å². The molecule has 1 aliphatic carbocycles. The van der Waals surface area contributed by atoms with E-state index >= 15 is 0 Å². The number of aromatic nitrogens is 2. The molecule has 0 amide bonds. The average molecular weight is 386 g/mol. The van der Waals surface area contributed by atoms with Gasteiger partial charge in [0.15, 0.2) is 0 Å². The molecule has 1 aliphatic heterocycles. The summed E-state index contributed by atoms with van der Waals surface area (Å²) in [6, 6.07) is 8.73. The summed E-state index contributed by atoms with van der Waals surface area (Å²) in [7, 11) is 1.84. The number of nitrogens with zero attached hydrogens (tertiary/aromatic N) is 3. The number of fused-ring (bicyclic) bond motifs is 1. The Kier molecular flexibility index (Phi) is 5.66. The van der Waals surface area contributed by atoms with Gasteiger partial charge in [0.05, 0.1) is 11.0 Å². The third-order valence-corrected chi connectivity index (χ3v) is 7.49. The highest BCUT2D eigenvalue weighted by atomic mass is 16.3. The fourth-order valence-electron chi connectivity index (χ4n) is 5.67. The monoisotopic (exact) mass is 385 g/mol. The molecule has 5 nitrogen and oxygen atoms in total. The molecule has 1 aromatic heterocycles. The summed E-state index contributed by atoms with van der Waals surface area (Å²) in [6.45, 7) is 6.75. The van der Waals surface area contributed by atoms with Gasteiger partial charge in [0.25, 0.3) is 0 Å². The molecular weight excluding hydrogens is 350 g/mol. The second kappa shape index (κ2) is 8.03. The van der Waals surface area contributed by atoms with E-state index in [0.29, 0.717) is 6.04 Å². The minimum absolute atomic E-state index is 0.0375. The number of aliphatic hydroxyl groups excluding tert-OH is 1. The van der Waals surface area contributed by atoms with Crippen LogP contribution in [0.4, 0.5) is 0 Å². The van der Waals surface area contributed by atoms with Crippen molar-refractivity contribution in [3.8, 4) is 0 Å². The molecular formula is C23H35N3O2. The molecule has 28 heavy (non-hydrogen) atoms. The molecule has 2 aromatic rings. The fourth-order valence-corrected chi connectivity index (χ4v) is 5.67.